The van der Waals surface area contributed by atoms with Crippen molar-refractivity contribution in [2.75, 3.05) is 5.75 Å². The molecule has 92 valence electrons. The first-order valence-electron chi connectivity index (χ1n) is 5.43. The number of nitrogens with zero attached hydrogens (tertiary/aromatic N) is 1. The minimum absolute atomic E-state index is 0.0956. The van der Waals surface area contributed by atoms with Gasteiger partial charge in [0.15, 0.2) is 0 Å². The quantitative estimate of drug-likeness (QED) is 0.862. The number of rotatable bonds is 4. The van der Waals surface area contributed by atoms with Crippen LogP contribution in [0.1, 0.15) is 18.3 Å². The van der Waals surface area contributed by atoms with Crippen LogP contribution in [0.5, 0.6) is 0 Å². The van der Waals surface area contributed by atoms with E-state index in [-0.39, 0.29) is 5.75 Å². The third-order valence-electron chi connectivity index (χ3n) is 2.54. The molecule has 17 heavy (non-hydrogen) atoms. The van der Waals surface area contributed by atoms with Crippen molar-refractivity contribution < 1.29 is 8.42 Å². The molecule has 0 spiro atoms. The summed E-state index contributed by atoms with van der Waals surface area (Å²) >= 11 is 0. The van der Waals surface area contributed by atoms with Crippen LogP contribution in [0.15, 0.2) is 18.2 Å². The van der Waals surface area contributed by atoms with Crippen molar-refractivity contribution in [2.24, 2.45) is 0 Å². The average Bonchev–Trinajstić information content (AvgIpc) is 2.66. The molecule has 0 bridgehead atoms. The molecule has 1 aromatic carbocycles. The monoisotopic (exact) mass is 253 g/mol. The largest absolute Gasteiger partial charge is 0.342 e. The van der Waals surface area contributed by atoms with Crippen LogP contribution in [-0.4, -0.2) is 24.1 Å². The molecule has 0 saturated carbocycles. The zero-order chi connectivity index (χ0) is 12.5. The Balaban J connectivity index is 2.19. The Bertz CT molecular complexity index is 631. The van der Waals surface area contributed by atoms with Gasteiger partial charge in [-0.2, -0.15) is 0 Å². The van der Waals surface area contributed by atoms with Gasteiger partial charge < -0.3 is 4.98 Å². The molecule has 6 heteroatoms. The molecule has 0 atom stereocenters. The van der Waals surface area contributed by atoms with Gasteiger partial charge in [0.25, 0.3) is 0 Å². The summed E-state index contributed by atoms with van der Waals surface area (Å²) in [6.07, 6.45) is 0. The molecule has 0 aliphatic carbocycles. The Morgan fingerprint density at radius 2 is 2.18 bits per heavy atom. The van der Waals surface area contributed by atoms with Gasteiger partial charge in [-0.15, -0.1) is 0 Å². The highest BCUT2D eigenvalue weighted by molar-refractivity contribution is 7.89. The first-order chi connectivity index (χ1) is 8.00. The van der Waals surface area contributed by atoms with Crippen LogP contribution in [0.2, 0.25) is 0 Å². The molecule has 0 aliphatic heterocycles. The van der Waals surface area contributed by atoms with Crippen LogP contribution in [0, 0.1) is 6.92 Å². The van der Waals surface area contributed by atoms with Gasteiger partial charge in [0, 0.05) is 6.54 Å². The molecule has 2 N–H and O–H groups in total. The second-order valence-electron chi connectivity index (χ2n) is 3.90. The Hall–Kier alpha value is -1.40. The van der Waals surface area contributed by atoms with Crippen molar-refractivity contribution in [3.05, 3.63) is 29.6 Å². The Morgan fingerprint density at radius 3 is 2.88 bits per heavy atom. The van der Waals surface area contributed by atoms with E-state index in [1.54, 1.807) is 6.92 Å². The molecule has 0 radical (unpaired) electrons. The maximum atomic E-state index is 11.3. The molecular formula is C11H15N3O2S. The smallest absolute Gasteiger partial charge is 0.211 e. The minimum Gasteiger partial charge on any atom is -0.342 e. The minimum atomic E-state index is -3.14. The fraction of sp³-hybridized carbons (Fsp3) is 0.364. The normalized spacial score (nSPS) is 12.1. The summed E-state index contributed by atoms with van der Waals surface area (Å²) in [6.45, 7) is 3.81. The lowest BCUT2D eigenvalue weighted by atomic mass is 10.2. The number of imidazole rings is 1. The Labute approximate surface area is 100 Å². The highest BCUT2D eigenvalue weighted by Crippen LogP contribution is 2.13. The van der Waals surface area contributed by atoms with E-state index in [0.717, 1.165) is 22.4 Å². The number of sulfonamides is 1. The van der Waals surface area contributed by atoms with Gasteiger partial charge in [0.05, 0.1) is 16.8 Å². The molecular weight excluding hydrogens is 238 g/mol. The predicted octanol–water partition coefficient (Wildman–Crippen LogP) is 1.31. The van der Waals surface area contributed by atoms with E-state index < -0.39 is 10.0 Å². The van der Waals surface area contributed by atoms with Gasteiger partial charge in [-0.3, -0.25) is 0 Å². The van der Waals surface area contributed by atoms with Gasteiger partial charge in [0.1, 0.15) is 5.82 Å². The molecule has 2 aromatic rings. The molecule has 0 aliphatic rings. The van der Waals surface area contributed by atoms with Crippen molar-refractivity contribution >= 4 is 21.1 Å². The van der Waals surface area contributed by atoms with Gasteiger partial charge in [0.2, 0.25) is 10.0 Å². The number of benzene rings is 1. The lowest BCUT2D eigenvalue weighted by Crippen LogP contribution is -2.24. The summed E-state index contributed by atoms with van der Waals surface area (Å²) in [5, 5.41) is 0. The second-order valence-corrected chi connectivity index (χ2v) is 5.99. The zero-order valence-electron chi connectivity index (χ0n) is 9.82. The Morgan fingerprint density at radius 1 is 1.41 bits per heavy atom. The van der Waals surface area contributed by atoms with Crippen molar-refractivity contribution in [3.8, 4) is 0 Å². The van der Waals surface area contributed by atoms with Gasteiger partial charge in [-0.1, -0.05) is 6.07 Å². The number of aromatic amines is 1. The number of fused-ring (bicyclic) bond motifs is 1. The molecule has 2 rings (SSSR count). The maximum absolute atomic E-state index is 11.3. The topological polar surface area (TPSA) is 74.8 Å². The summed E-state index contributed by atoms with van der Waals surface area (Å²) in [5.41, 5.74) is 2.73. The number of hydrogen-bond acceptors (Lipinski definition) is 3. The van der Waals surface area contributed by atoms with Crippen LogP contribution in [0.25, 0.3) is 11.0 Å². The van der Waals surface area contributed by atoms with Crippen LogP contribution in [-0.2, 0) is 16.6 Å². The highest BCUT2D eigenvalue weighted by Gasteiger charge is 2.06. The molecule has 0 saturated heterocycles. The fourth-order valence-electron chi connectivity index (χ4n) is 1.59. The van der Waals surface area contributed by atoms with E-state index in [1.165, 1.54) is 0 Å². The SMILES string of the molecule is CCS(=O)(=O)NCc1ccc2nc(C)[nH]c2c1. The molecule has 0 amide bonds. The zero-order valence-corrected chi connectivity index (χ0v) is 10.6. The molecule has 1 heterocycles. The van der Waals surface area contributed by atoms with Crippen molar-refractivity contribution in [3.63, 3.8) is 0 Å². The number of aromatic nitrogens is 2. The van der Waals surface area contributed by atoms with Crippen LogP contribution < -0.4 is 4.72 Å². The van der Waals surface area contributed by atoms with Crippen molar-refractivity contribution in [1.82, 2.24) is 14.7 Å². The van der Waals surface area contributed by atoms with E-state index in [9.17, 15) is 8.42 Å². The van der Waals surface area contributed by atoms with Gasteiger partial charge in [-0.05, 0) is 31.5 Å². The standard InChI is InChI=1S/C11H15N3O2S/c1-3-17(15,16)12-7-9-4-5-10-11(6-9)14-8(2)13-10/h4-6,12H,3,7H2,1-2H3,(H,13,14). The number of hydrogen-bond donors (Lipinski definition) is 2. The summed E-state index contributed by atoms with van der Waals surface area (Å²) < 4.78 is 25.2. The first-order valence-corrected chi connectivity index (χ1v) is 7.08. The van der Waals surface area contributed by atoms with E-state index in [2.05, 4.69) is 14.7 Å². The number of H-pyrrole nitrogens is 1. The molecule has 1 aromatic heterocycles. The third-order valence-corrected chi connectivity index (χ3v) is 3.89. The van der Waals surface area contributed by atoms with Crippen LogP contribution >= 0.6 is 0 Å². The number of nitrogens with one attached hydrogen (secondary N) is 2. The second kappa shape index (κ2) is 4.46. The molecule has 0 unspecified atom stereocenters. The third kappa shape index (κ3) is 2.83. The Kier molecular flexibility index (Phi) is 3.17. The van der Waals surface area contributed by atoms with Crippen molar-refractivity contribution in [2.45, 2.75) is 20.4 Å². The molecule has 5 nitrogen and oxygen atoms in total. The van der Waals surface area contributed by atoms with Crippen LogP contribution in [0.3, 0.4) is 0 Å². The van der Waals surface area contributed by atoms with E-state index >= 15 is 0 Å². The van der Waals surface area contributed by atoms with Crippen molar-refractivity contribution in [1.29, 1.82) is 0 Å². The highest BCUT2D eigenvalue weighted by atomic mass is 32.2. The lowest BCUT2D eigenvalue weighted by Gasteiger charge is -2.04. The predicted molar refractivity (Wildman–Crippen MR) is 67.1 cm³/mol. The van der Waals surface area contributed by atoms with E-state index in [4.69, 9.17) is 0 Å². The van der Waals surface area contributed by atoms with Gasteiger partial charge in [-0.25, -0.2) is 18.1 Å². The van der Waals surface area contributed by atoms with E-state index in [1.807, 2.05) is 25.1 Å². The summed E-state index contributed by atoms with van der Waals surface area (Å²) in [5.74, 6) is 0.949. The summed E-state index contributed by atoms with van der Waals surface area (Å²) in [7, 11) is -3.14. The average molecular weight is 253 g/mol. The number of aryl methyl sites for hydroxylation is 1. The molecule has 0 fully saturated rings. The first kappa shape index (κ1) is 12.1. The summed E-state index contributed by atoms with van der Waals surface area (Å²) in [6, 6.07) is 5.67. The van der Waals surface area contributed by atoms with E-state index in [0.29, 0.717) is 6.54 Å². The maximum Gasteiger partial charge on any atom is 0.211 e. The fourth-order valence-corrected chi connectivity index (χ4v) is 2.18. The summed E-state index contributed by atoms with van der Waals surface area (Å²) in [4.78, 5) is 7.41. The lowest BCUT2D eigenvalue weighted by molar-refractivity contribution is 0.582. The van der Waals surface area contributed by atoms with Crippen LogP contribution in [0.4, 0.5) is 0 Å². The van der Waals surface area contributed by atoms with Gasteiger partial charge >= 0.3 is 0 Å².